The van der Waals surface area contributed by atoms with Gasteiger partial charge < -0.3 is 18.5 Å². The monoisotopic (exact) mass is 635 g/mol. The van der Waals surface area contributed by atoms with Crippen LogP contribution in [0.5, 0.6) is 11.5 Å². The summed E-state index contributed by atoms with van der Waals surface area (Å²) in [4.78, 5) is 8.30. The number of halogens is 5. The zero-order valence-electron chi connectivity index (χ0n) is 23.9. The van der Waals surface area contributed by atoms with Crippen molar-refractivity contribution in [1.82, 2.24) is 14.5 Å². The van der Waals surface area contributed by atoms with Gasteiger partial charge >= 0.3 is 12.5 Å². The predicted octanol–water partition coefficient (Wildman–Crippen LogP) is 7.27. The van der Waals surface area contributed by atoms with E-state index in [9.17, 15) is 30.4 Å². The van der Waals surface area contributed by atoms with Crippen LogP contribution in [0.25, 0.3) is 22.6 Å². The van der Waals surface area contributed by atoms with Gasteiger partial charge in [-0.05, 0) is 68.5 Å². The summed E-state index contributed by atoms with van der Waals surface area (Å²) in [5, 5.41) is -0.709. The Labute approximate surface area is 249 Å². The molecule has 1 unspecified atom stereocenters. The molecule has 2 aromatic heterocycles. The Morgan fingerprint density at radius 2 is 1.73 bits per heavy atom. The molecule has 232 valence electrons. The molecule has 1 aliphatic heterocycles. The average Bonchev–Trinajstić information content (AvgIpc) is 3.60. The third-order valence-electron chi connectivity index (χ3n) is 7.77. The largest absolute Gasteiger partial charge is 0.586 e. The van der Waals surface area contributed by atoms with Crippen molar-refractivity contribution in [3.8, 4) is 22.8 Å². The first-order chi connectivity index (χ1) is 20.5. The van der Waals surface area contributed by atoms with Gasteiger partial charge in [0, 0.05) is 36.2 Å². The number of imidazole rings is 1. The number of sulfone groups is 1. The zero-order chi connectivity index (χ0) is 31.8. The van der Waals surface area contributed by atoms with Gasteiger partial charge in [0.15, 0.2) is 38.7 Å². The molecule has 8 nitrogen and oxygen atoms in total. The minimum atomic E-state index is -4.67. The maximum absolute atomic E-state index is 13.7. The Morgan fingerprint density at radius 3 is 2.41 bits per heavy atom. The van der Waals surface area contributed by atoms with E-state index >= 15 is 0 Å². The van der Waals surface area contributed by atoms with Crippen molar-refractivity contribution in [2.75, 3.05) is 6.26 Å². The highest BCUT2D eigenvalue weighted by molar-refractivity contribution is 7.91. The van der Waals surface area contributed by atoms with Crippen molar-refractivity contribution < 1.29 is 44.3 Å². The molecular weight excluding hydrogens is 609 g/mol. The smallest absolute Gasteiger partial charge is 0.440 e. The number of allylic oxidation sites excluding steroid dienone is 7. The summed E-state index contributed by atoms with van der Waals surface area (Å²) >= 11 is 0. The Morgan fingerprint density at radius 1 is 1.00 bits per heavy atom. The molecule has 1 atom stereocenters. The van der Waals surface area contributed by atoms with Crippen LogP contribution in [0.3, 0.4) is 0 Å². The van der Waals surface area contributed by atoms with E-state index in [0.29, 0.717) is 28.8 Å². The molecule has 0 amide bonds. The molecule has 0 N–H and O–H groups in total. The van der Waals surface area contributed by atoms with Crippen molar-refractivity contribution in [2.45, 2.75) is 57.8 Å². The summed E-state index contributed by atoms with van der Waals surface area (Å²) < 4.78 is 110. The number of oxazole rings is 1. The van der Waals surface area contributed by atoms with Crippen LogP contribution in [0.1, 0.15) is 49.3 Å². The summed E-state index contributed by atoms with van der Waals surface area (Å²) in [6.45, 7) is 4.80. The quantitative estimate of drug-likeness (QED) is 0.272. The number of ether oxygens (including phenoxy) is 2. The number of aromatic nitrogens is 3. The molecule has 0 spiro atoms. The lowest BCUT2D eigenvalue weighted by Crippen LogP contribution is -2.25. The van der Waals surface area contributed by atoms with Gasteiger partial charge in [-0.25, -0.2) is 18.4 Å². The van der Waals surface area contributed by atoms with E-state index in [-0.39, 0.29) is 47.5 Å². The molecule has 3 aliphatic rings. The van der Waals surface area contributed by atoms with E-state index in [2.05, 4.69) is 19.4 Å². The topological polar surface area (TPSA) is 96.5 Å². The van der Waals surface area contributed by atoms with Crippen LogP contribution in [0.2, 0.25) is 0 Å². The molecule has 0 radical (unpaired) electrons. The molecule has 1 aromatic carbocycles. The van der Waals surface area contributed by atoms with Crippen LogP contribution in [-0.4, -0.2) is 40.8 Å². The second kappa shape index (κ2) is 10.2. The van der Waals surface area contributed by atoms with Gasteiger partial charge in [-0.3, -0.25) is 0 Å². The molecule has 3 aromatic rings. The van der Waals surface area contributed by atoms with Gasteiger partial charge in [-0.15, -0.1) is 8.78 Å². The molecule has 44 heavy (non-hydrogen) atoms. The highest BCUT2D eigenvalue weighted by atomic mass is 32.2. The fraction of sp³-hybridized carbons (Fsp3) is 0.333. The number of benzene rings is 1. The average molecular weight is 636 g/mol. The maximum Gasteiger partial charge on any atom is 0.586 e. The van der Waals surface area contributed by atoms with Gasteiger partial charge in [0.2, 0.25) is 0 Å². The number of hydrogen-bond acceptors (Lipinski definition) is 7. The minimum absolute atomic E-state index is 0.0985. The van der Waals surface area contributed by atoms with E-state index in [1.165, 1.54) is 35.9 Å². The van der Waals surface area contributed by atoms with Crippen LogP contribution in [0.4, 0.5) is 22.0 Å². The molecule has 14 heteroatoms. The summed E-state index contributed by atoms with van der Waals surface area (Å²) in [7, 11) is -3.41. The molecular formula is C30H26F5N3O5S. The lowest BCUT2D eigenvalue weighted by molar-refractivity contribution is -0.286. The SMILES string of the molecule is CC1=CC=C(C2=CC(c3nc(C)oc3-c3ccc4c(c3)OC(F)(F)O4)=C(n3cc(C(F)(F)F)nc3C)CC2)CC1S(C)(=O)=O. The maximum atomic E-state index is 13.7. The number of alkyl halides is 5. The second-order valence-corrected chi connectivity index (χ2v) is 13.2. The van der Waals surface area contributed by atoms with Crippen molar-refractivity contribution in [1.29, 1.82) is 0 Å². The summed E-state index contributed by atoms with van der Waals surface area (Å²) in [5.74, 6) is 0.101. The number of nitrogens with zero attached hydrogens (tertiary/aromatic N) is 3. The van der Waals surface area contributed by atoms with E-state index in [1.54, 1.807) is 26.0 Å². The van der Waals surface area contributed by atoms with Crippen LogP contribution in [-0.2, 0) is 16.0 Å². The van der Waals surface area contributed by atoms with Gasteiger partial charge in [-0.1, -0.05) is 17.7 Å². The third kappa shape index (κ3) is 5.46. The lowest BCUT2D eigenvalue weighted by Gasteiger charge is -2.27. The first-order valence-corrected chi connectivity index (χ1v) is 15.5. The van der Waals surface area contributed by atoms with Crippen LogP contribution in [0.15, 0.2) is 63.8 Å². The number of rotatable bonds is 5. The van der Waals surface area contributed by atoms with Crippen molar-refractivity contribution in [3.05, 3.63) is 82.4 Å². The lowest BCUT2D eigenvalue weighted by atomic mass is 9.85. The van der Waals surface area contributed by atoms with Gasteiger partial charge in [-0.2, -0.15) is 13.2 Å². The van der Waals surface area contributed by atoms with E-state index < -0.39 is 33.3 Å². The van der Waals surface area contributed by atoms with Crippen molar-refractivity contribution in [2.24, 2.45) is 0 Å². The number of hydrogen-bond donors (Lipinski definition) is 0. The van der Waals surface area contributed by atoms with Crippen LogP contribution in [0, 0.1) is 13.8 Å². The summed E-state index contributed by atoms with van der Waals surface area (Å²) in [6, 6.07) is 4.09. The molecule has 0 fully saturated rings. The van der Waals surface area contributed by atoms with Gasteiger partial charge in [0.05, 0.1) is 5.25 Å². The Balaban J connectivity index is 1.53. The van der Waals surface area contributed by atoms with E-state index in [1.807, 2.05) is 6.08 Å². The first kappa shape index (κ1) is 29.9. The zero-order valence-corrected chi connectivity index (χ0v) is 24.7. The fourth-order valence-electron chi connectivity index (χ4n) is 5.70. The highest BCUT2D eigenvalue weighted by Gasteiger charge is 2.44. The fourth-order valence-corrected chi connectivity index (χ4v) is 6.94. The van der Waals surface area contributed by atoms with Crippen molar-refractivity contribution >= 4 is 21.1 Å². The second-order valence-electron chi connectivity index (χ2n) is 10.9. The van der Waals surface area contributed by atoms with Crippen molar-refractivity contribution in [3.63, 3.8) is 0 Å². The van der Waals surface area contributed by atoms with Gasteiger partial charge in [0.25, 0.3) is 0 Å². The molecule has 0 saturated heterocycles. The van der Waals surface area contributed by atoms with E-state index in [4.69, 9.17) is 4.42 Å². The third-order valence-corrected chi connectivity index (χ3v) is 9.34. The highest BCUT2D eigenvalue weighted by Crippen LogP contribution is 2.46. The standard InChI is InChI=1S/C30H26F5N3O5S/c1-15-5-6-19(13-25(15)44(4,39)40)18-7-9-22(38-14-26(29(31,32)33)36-16(38)2)21(11-18)27-28(41-17(3)37-27)20-8-10-23-24(12-20)43-30(34,35)42-23/h5-6,8,10-12,14,25H,7,9,13H2,1-4H3. The van der Waals surface area contributed by atoms with Crippen LogP contribution < -0.4 is 9.47 Å². The molecule has 0 saturated carbocycles. The molecule has 0 bridgehead atoms. The normalized spacial score (nSPS) is 20.0. The number of aryl methyl sites for hydroxylation is 2. The molecule has 6 rings (SSSR count). The van der Waals surface area contributed by atoms with E-state index in [0.717, 1.165) is 17.3 Å². The summed E-state index contributed by atoms with van der Waals surface area (Å²) in [6.07, 6.45) is -0.128. The predicted molar refractivity (Wildman–Crippen MR) is 150 cm³/mol. The van der Waals surface area contributed by atoms with Gasteiger partial charge in [0.1, 0.15) is 11.5 Å². The Bertz CT molecular complexity index is 1930. The summed E-state index contributed by atoms with van der Waals surface area (Å²) in [5.41, 5.74) is 2.65. The number of fused-ring (bicyclic) bond motifs is 1. The van der Waals surface area contributed by atoms with Crippen LogP contribution >= 0.6 is 0 Å². The molecule has 3 heterocycles. The molecule has 2 aliphatic carbocycles. The Kier molecular flexibility index (Phi) is 6.91. The Hall–Kier alpha value is -4.20. The first-order valence-electron chi connectivity index (χ1n) is 13.5. The minimum Gasteiger partial charge on any atom is -0.440 e.